The van der Waals surface area contributed by atoms with Crippen molar-refractivity contribution >= 4 is 17.5 Å². The normalized spacial score (nSPS) is 10.2. The second-order valence-corrected chi connectivity index (χ2v) is 3.40. The Balaban J connectivity index is 2.49. The molecule has 1 aromatic heterocycles. The Morgan fingerprint density at radius 2 is 2.17 bits per heavy atom. The minimum atomic E-state index is -0.826. The van der Waals surface area contributed by atoms with Crippen LogP contribution in [-0.2, 0) is 0 Å². The summed E-state index contributed by atoms with van der Waals surface area (Å²) in [7, 11) is 0. The number of anilines is 1. The van der Waals surface area contributed by atoms with Crippen LogP contribution < -0.4 is 11.5 Å². The summed E-state index contributed by atoms with van der Waals surface area (Å²) < 4.78 is 5.04. The van der Waals surface area contributed by atoms with Gasteiger partial charge in [-0.25, -0.2) is 4.98 Å². The van der Waals surface area contributed by atoms with E-state index in [0.717, 1.165) is 0 Å². The molecule has 0 fully saturated rings. The number of primary amides is 1. The van der Waals surface area contributed by atoms with Crippen molar-refractivity contribution in [3.63, 3.8) is 0 Å². The van der Waals surface area contributed by atoms with Crippen molar-refractivity contribution < 1.29 is 14.1 Å². The second kappa shape index (κ2) is 4.17. The number of nitrogens with two attached hydrogens (primary N) is 2. The summed E-state index contributed by atoms with van der Waals surface area (Å²) in [5, 5.41) is 10.6. The molecule has 8 nitrogen and oxygen atoms in total. The van der Waals surface area contributed by atoms with Gasteiger partial charge < -0.3 is 15.9 Å². The van der Waals surface area contributed by atoms with Gasteiger partial charge in [0.25, 0.3) is 11.6 Å². The van der Waals surface area contributed by atoms with Crippen molar-refractivity contribution in [3.05, 3.63) is 40.1 Å². The Morgan fingerprint density at radius 1 is 1.44 bits per heavy atom. The number of amides is 1. The van der Waals surface area contributed by atoms with E-state index >= 15 is 0 Å². The van der Waals surface area contributed by atoms with Gasteiger partial charge in [-0.1, -0.05) is 6.07 Å². The number of hydrogen-bond donors (Lipinski definition) is 2. The molecule has 0 saturated heterocycles. The number of hydrogen-bond acceptors (Lipinski definition) is 6. The lowest BCUT2D eigenvalue weighted by Crippen LogP contribution is -2.13. The molecule has 0 radical (unpaired) electrons. The monoisotopic (exact) mass is 248 g/mol. The van der Waals surface area contributed by atoms with Crippen LogP contribution in [0.2, 0.25) is 0 Å². The number of nitrogen functional groups attached to an aromatic ring is 1. The lowest BCUT2D eigenvalue weighted by Gasteiger charge is -1.95. The smallest absolute Gasteiger partial charge is 0.273 e. The highest BCUT2D eigenvalue weighted by Crippen LogP contribution is 2.26. The van der Waals surface area contributed by atoms with Crippen molar-refractivity contribution in [1.29, 1.82) is 0 Å². The molecule has 0 bridgehead atoms. The molecule has 0 spiro atoms. The first-order chi connectivity index (χ1) is 8.49. The fourth-order valence-corrected chi connectivity index (χ4v) is 1.38. The third kappa shape index (κ3) is 1.98. The van der Waals surface area contributed by atoms with Crippen molar-refractivity contribution in [2.75, 3.05) is 5.73 Å². The summed E-state index contributed by atoms with van der Waals surface area (Å²) in [5.41, 5.74) is 10.5. The number of nitro groups is 1. The number of nitrogens with zero attached hydrogens (tertiary/aromatic N) is 2. The van der Waals surface area contributed by atoms with E-state index in [1.807, 2.05) is 0 Å². The summed E-state index contributed by atoms with van der Waals surface area (Å²) in [4.78, 5) is 24.8. The second-order valence-electron chi connectivity index (χ2n) is 3.40. The number of oxazole rings is 1. The maximum absolute atomic E-state index is 11.0. The molecule has 0 unspecified atom stereocenters. The van der Waals surface area contributed by atoms with Gasteiger partial charge in [-0.15, -0.1) is 0 Å². The summed E-state index contributed by atoms with van der Waals surface area (Å²) >= 11 is 0. The van der Waals surface area contributed by atoms with Crippen LogP contribution in [0.4, 0.5) is 11.6 Å². The summed E-state index contributed by atoms with van der Waals surface area (Å²) in [6, 6.07) is 5.60. The minimum absolute atomic E-state index is 0.00463. The van der Waals surface area contributed by atoms with Crippen molar-refractivity contribution in [3.8, 4) is 11.5 Å². The van der Waals surface area contributed by atoms with E-state index in [4.69, 9.17) is 15.9 Å². The van der Waals surface area contributed by atoms with Crippen LogP contribution in [0, 0.1) is 10.1 Å². The number of nitro benzene ring substituents is 1. The molecule has 92 valence electrons. The van der Waals surface area contributed by atoms with Crippen LogP contribution in [0.1, 0.15) is 10.5 Å². The van der Waals surface area contributed by atoms with Crippen LogP contribution in [0.15, 0.2) is 28.7 Å². The molecule has 2 aromatic rings. The largest absolute Gasteiger partial charge is 0.420 e. The minimum Gasteiger partial charge on any atom is -0.420 e. The van der Waals surface area contributed by atoms with Crippen LogP contribution >= 0.6 is 0 Å². The molecule has 0 aliphatic rings. The van der Waals surface area contributed by atoms with Crippen molar-refractivity contribution in [1.82, 2.24) is 4.98 Å². The third-order valence-electron chi connectivity index (χ3n) is 2.19. The van der Waals surface area contributed by atoms with Crippen LogP contribution in [0.3, 0.4) is 0 Å². The van der Waals surface area contributed by atoms with Gasteiger partial charge in [0, 0.05) is 17.7 Å². The van der Waals surface area contributed by atoms with Gasteiger partial charge in [-0.05, 0) is 6.07 Å². The Hall–Kier alpha value is -2.90. The zero-order chi connectivity index (χ0) is 13.3. The molecule has 0 saturated carbocycles. The van der Waals surface area contributed by atoms with Gasteiger partial charge in [-0.3, -0.25) is 14.9 Å². The highest BCUT2D eigenvalue weighted by molar-refractivity contribution is 5.95. The Labute approximate surface area is 100 Å². The molecule has 0 aliphatic heterocycles. The summed E-state index contributed by atoms with van der Waals surface area (Å²) in [6.07, 6.45) is 0. The number of benzene rings is 1. The third-order valence-corrected chi connectivity index (χ3v) is 2.19. The first-order valence-electron chi connectivity index (χ1n) is 4.80. The Bertz CT molecular complexity index is 635. The van der Waals surface area contributed by atoms with Gasteiger partial charge in [0.15, 0.2) is 5.69 Å². The predicted octanol–water partition coefficient (Wildman–Crippen LogP) is 0.931. The molecule has 18 heavy (non-hydrogen) atoms. The molecular weight excluding hydrogens is 240 g/mol. The van der Waals surface area contributed by atoms with Gasteiger partial charge in [0.05, 0.1) is 4.92 Å². The Kier molecular flexibility index (Phi) is 2.68. The maximum Gasteiger partial charge on any atom is 0.273 e. The molecule has 1 amide bonds. The summed E-state index contributed by atoms with van der Waals surface area (Å²) in [5.74, 6) is -1.04. The molecule has 0 aliphatic carbocycles. The maximum atomic E-state index is 11.0. The summed E-state index contributed by atoms with van der Waals surface area (Å²) in [6.45, 7) is 0. The van der Waals surface area contributed by atoms with E-state index in [1.165, 1.54) is 18.2 Å². The predicted molar refractivity (Wildman–Crippen MR) is 61.5 cm³/mol. The number of non-ortho nitro benzene ring substituents is 1. The average Bonchev–Trinajstić information content (AvgIpc) is 2.71. The number of carbonyl (C=O) groups excluding carboxylic acids is 1. The fraction of sp³-hybridized carbons (Fsp3) is 0. The standard InChI is InChI=1S/C10H8N4O4/c11-8(15)7-9(12)18-10(13-7)5-2-1-3-6(4-5)14(16)17/h1-4H,12H2,(H2,11,15). The van der Waals surface area contributed by atoms with Gasteiger partial charge >= 0.3 is 0 Å². The van der Waals surface area contributed by atoms with Crippen molar-refractivity contribution in [2.45, 2.75) is 0 Å². The van der Waals surface area contributed by atoms with Gasteiger partial charge in [0.1, 0.15) is 0 Å². The molecule has 0 atom stereocenters. The quantitative estimate of drug-likeness (QED) is 0.611. The van der Waals surface area contributed by atoms with E-state index in [1.54, 1.807) is 6.07 Å². The van der Waals surface area contributed by atoms with Gasteiger partial charge in [-0.2, -0.15) is 0 Å². The average molecular weight is 248 g/mol. The molecule has 8 heteroatoms. The SMILES string of the molecule is NC(=O)c1nc(-c2cccc([N+](=O)[O-])c2)oc1N. The van der Waals surface area contributed by atoms with Crippen LogP contribution in [0.25, 0.3) is 11.5 Å². The van der Waals surface area contributed by atoms with Crippen LogP contribution in [0.5, 0.6) is 0 Å². The van der Waals surface area contributed by atoms with E-state index in [2.05, 4.69) is 4.98 Å². The lowest BCUT2D eigenvalue weighted by atomic mass is 10.2. The molecule has 4 N–H and O–H groups in total. The molecule has 1 heterocycles. The fourth-order valence-electron chi connectivity index (χ4n) is 1.38. The first kappa shape index (κ1) is 11.6. The highest BCUT2D eigenvalue weighted by atomic mass is 16.6. The van der Waals surface area contributed by atoms with E-state index in [-0.39, 0.29) is 23.2 Å². The molecular formula is C10H8N4O4. The van der Waals surface area contributed by atoms with E-state index in [0.29, 0.717) is 5.56 Å². The lowest BCUT2D eigenvalue weighted by molar-refractivity contribution is -0.384. The number of rotatable bonds is 3. The zero-order valence-electron chi connectivity index (χ0n) is 8.99. The van der Waals surface area contributed by atoms with Crippen molar-refractivity contribution in [2.24, 2.45) is 5.73 Å². The Morgan fingerprint density at radius 3 is 2.72 bits per heavy atom. The number of aromatic nitrogens is 1. The van der Waals surface area contributed by atoms with Gasteiger partial charge in [0.2, 0.25) is 11.8 Å². The first-order valence-corrected chi connectivity index (χ1v) is 4.80. The highest BCUT2D eigenvalue weighted by Gasteiger charge is 2.17. The van der Waals surface area contributed by atoms with E-state index < -0.39 is 10.8 Å². The van der Waals surface area contributed by atoms with Crippen LogP contribution in [-0.4, -0.2) is 15.8 Å². The van der Waals surface area contributed by atoms with E-state index in [9.17, 15) is 14.9 Å². The zero-order valence-corrected chi connectivity index (χ0v) is 8.99. The number of carbonyl (C=O) groups is 1. The molecule has 2 rings (SSSR count). The molecule has 1 aromatic carbocycles. The topological polar surface area (TPSA) is 138 Å².